The first-order chi connectivity index (χ1) is 8.66. The molecule has 4 heteroatoms. The van der Waals surface area contributed by atoms with Crippen LogP contribution in [0.15, 0.2) is 0 Å². The molecule has 2 N–H and O–H groups in total. The number of nitrogens with one attached hydrogen (secondary N) is 1. The number of nitrogens with zero attached hydrogens (tertiary/aromatic N) is 1. The smallest absolute Gasteiger partial charge is 0.239 e. The predicted molar refractivity (Wildman–Crippen MR) is 71.2 cm³/mol. The number of carbonyl (C=O) groups is 1. The summed E-state index contributed by atoms with van der Waals surface area (Å²) >= 11 is 0. The zero-order valence-corrected chi connectivity index (χ0v) is 11.4. The van der Waals surface area contributed by atoms with Crippen LogP contribution >= 0.6 is 0 Å². The molecule has 0 aromatic carbocycles. The molecule has 2 aliphatic rings. The third-order valence-corrected chi connectivity index (χ3v) is 4.21. The van der Waals surface area contributed by atoms with E-state index in [0.29, 0.717) is 5.92 Å². The average Bonchev–Trinajstić information content (AvgIpc) is 2.60. The molecule has 0 aromatic rings. The van der Waals surface area contributed by atoms with E-state index in [1.165, 1.54) is 12.8 Å². The lowest BCUT2D eigenvalue weighted by atomic mass is 9.82. The van der Waals surface area contributed by atoms with Gasteiger partial charge >= 0.3 is 0 Å². The maximum absolute atomic E-state index is 12.2. The molecule has 0 radical (unpaired) electrons. The van der Waals surface area contributed by atoms with Crippen molar-refractivity contribution in [1.29, 1.82) is 0 Å². The number of hydrogen-bond donors (Lipinski definition) is 2. The number of aliphatic hydroxyl groups excluding tert-OH is 1. The van der Waals surface area contributed by atoms with E-state index in [0.717, 1.165) is 45.3 Å². The third-order valence-electron chi connectivity index (χ3n) is 4.21. The Morgan fingerprint density at radius 3 is 2.44 bits per heavy atom. The molecule has 1 amide bonds. The molecule has 1 aliphatic carbocycles. The van der Waals surface area contributed by atoms with Gasteiger partial charge in [0.1, 0.15) is 0 Å². The molecule has 1 heterocycles. The highest BCUT2D eigenvalue weighted by Crippen LogP contribution is 2.26. The van der Waals surface area contributed by atoms with Crippen LogP contribution < -0.4 is 5.32 Å². The number of amides is 1. The Kier molecular flexibility index (Phi) is 5.01. The molecule has 0 spiro atoms. The maximum Gasteiger partial charge on any atom is 0.239 e. The third kappa shape index (κ3) is 3.69. The molecule has 1 saturated heterocycles. The molecule has 0 aromatic heterocycles. The van der Waals surface area contributed by atoms with Gasteiger partial charge in [0.2, 0.25) is 5.91 Å². The Labute approximate surface area is 110 Å². The number of likely N-dealkylation sites (tertiary alicyclic amines) is 1. The minimum absolute atomic E-state index is 0.0826. The van der Waals surface area contributed by atoms with Crippen LogP contribution in [-0.2, 0) is 4.79 Å². The number of hydrogen-bond acceptors (Lipinski definition) is 3. The molecular formula is C14H26N2O2. The molecule has 104 valence electrons. The van der Waals surface area contributed by atoms with Crippen molar-refractivity contribution < 1.29 is 9.90 Å². The first-order valence-corrected chi connectivity index (χ1v) is 7.37. The fourth-order valence-electron chi connectivity index (χ4n) is 2.86. The Morgan fingerprint density at radius 1 is 1.28 bits per heavy atom. The van der Waals surface area contributed by atoms with Crippen LogP contribution in [-0.4, -0.2) is 47.7 Å². The van der Waals surface area contributed by atoms with E-state index in [2.05, 4.69) is 5.32 Å². The van der Waals surface area contributed by atoms with Gasteiger partial charge in [0.25, 0.3) is 0 Å². The summed E-state index contributed by atoms with van der Waals surface area (Å²) in [6, 6.07) is -0.0826. The van der Waals surface area contributed by atoms with Gasteiger partial charge in [-0.05, 0) is 45.1 Å². The summed E-state index contributed by atoms with van der Waals surface area (Å²) < 4.78 is 0. The zero-order chi connectivity index (χ0) is 13.0. The minimum atomic E-state index is -0.103. The molecular weight excluding hydrogens is 228 g/mol. The lowest BCUT2D eigenvalue weighted by Crippen LogP contribution is -2.48. The van der Waals surface area contributed by atoms with Crippen molar-refractivity contribution in [1.82, 2.24) is 10.2 Å². The van der Waals surface area contributed by atoms with Crippen molar-refractivity contribution in [3.63, 3.8) is 0 Å². The lowest BCUT2D eigenvalue weighted by Gasteiger charge is -2.33. The van der Waals surface area contributed by atoms with E-state index < -0.39 is 0 Å². The van der Waals surface area contributed by atoms with Gasteiger partial charge in [0, 0.05) is 13.1 Å². The van der Waals surface area contributed by atoms with E-state index in [4.69, 9.17) is 0 Å². The molecule has 2 rings (SSSR count). The monoisotopic (exact) mass is 254 g/mol. The highest BCUT2D eigenvalue weighted by atomic mass is 16.3. The summed E-state index contributed by atoms with van der Waals surface area (Å²) in [7, 11) is 0. The number of aliphatic hydroxyl groups is 1. The van der Waals surface area contributed by atoms with Gasteiger partial charge in [-0.2, -0.15) is 0 Å². The van der Waals surface area contributed by atoms with Crippen LogP contribution in [0.3, 0.4) is 0 Å². The van der Waals surface area contributed by atoms with E-state index >= 15 is 0 Å². The van der Waals surface area contributed by atoms with Crippen LogP contribution in [0.25, 0.3) is 0 Å². The largest absolute Gasteiger partial charge is 0.393 e. The molecule has 1 aliphatic heterocycles. The summed E-state index contributed by atoms with van der Waals surface area (Å²) in [5.74, 6) is 0.802. The summed E-state index contributed by atoms with van der Waals surface area (Å²) in [4.78, 5) is 14.3. The van der Waals surface area contributed by atoms with Gasteiger partial charge < -0.3 is 15.3 Å². The lowest BCUT2D eigenvalue weighted by molar-refractivity contribution is -0.133. The SMILES string of the molecule is CC(NCC1CC(O)C1)C(=O)N1CCCCCC1. The van der Waals surface area contributed by atoms with Gasteiger partial charge in [-0.15, -0.1) is 0 Å². The van der Waals surface area contributed by atoms with Gasteiger partial charge in [-0.25, -0.2) is 0 Å². The van der Waals surface area contributed by atoms with E-state index in [1.807, 2.05) is 11.8 Å². The summed E-state index contributed by atoms with van der Waals surface area (Å²) in [6.07, 6.45) is 6.47. The number of rotatable bonds is 4. The standard InChI is InChI=1S/C14H26N2O2/c1-11(15-10-12-8-13(17)9-12)14(18)16-6-4-2-3-5-7-16/h11-13,15,17H,2-10H2,1H3. The topological polar surface area (TPSA) is 52.6 Å². The molecule has 0 bridgehead atoms. The van der Waals surface area contributed by atoms with E-state index in [-0.39, 0.29) is 18.1 Å². The van der Waals surface area contributed by atoms with Gasteiger partial charge in [-0.3, -0.25) is 4.79 Å². The van der Waals surface area contributed by atoms with Crippen molar-refractivity contribution in [2.24, 2.45) is 5.92 Å². The number of carbonyl (C=O) groups excluding carboxylic acids is 1. The molecule has 1 unspecified atom stereocenters. The fourth-order valence-corrected chi connectivity index (χ4v) is 2.86. The Bertz CT molecular complexity index is 269. The highest BCUT2D eigenvalue weighted by Gasteiger charge is 2.28. The predicted octanol–water partition coefficient (Wildman–Crippen LogP) is 1.14. The van der Waals surface area contributed by atoms with E-state index in [1.54, 1.807) is 0 Å². The quantitative estimate of drug-likeness (QED) is 0.791. The molecule has 4 nitrogen and oxygen atoms in total. The maximum atomic E-state index is 12.2. The van der Waals surface area contributed by atoms with Crippen LogP contribution in [0.4, 0.5) is 0 Å². The van der Waals surface area contributed by atoms with Crippen molar-refractivity contribution >= 4 is 5.91 Å². The summed E-state index contributed by atoms with van der Waals surface area (Å²) in [5.41, 5.74) is 0. The van der Waals surface area contributed by atoms with Gasteiger partial charge in [0.05, 0.1) is 12.1 Å². The molecule has 1 saturated carbocycles. The first-order valence-electron chi connectivity index (χ1n) is 7.37. The molecule has 2 fully saturated rings. The minimum Gasteiger partial charge on any atom is -0.393 e. The van der Waals surface area contributed by atoms with Crippen molar-refractivity contribution in [3.05, 3.63) is 0 Å². The van der Waals surface area contributed by atoms with Crippen LogP contribution in [0.1, 0.15) is 45.4 Å². The molecule has 1 atom stereocenters. The van der Waals surface area contributed by atoms with Gasteiger partial charge in [0.15, 0.2) is 0 Å². The van der Waals surface area contributed by atoms with Crippen LogP contribution in [0, 0.1) is 5.92 Å². The highest BCUT2D eigenvalue weighted by molar-refractivity contribution is 5.81. The van der Waals surface area contributed by atoms with Gasteiger partial charge in [-0.1, -0.05) is 12.8 Å². The van der Waals surface area contributed by atoms with Crippen LogP contribution in [0.2, 0.25) is 0 Å². The average molecular weight is 254 g/mol. The molecule has 18 heavy (non-hydrogen) atoms. The van der Waals surface area contributed by atoms with E-state index in [9.17, 15) is 9.90 Å². The Morgan fingerprint density at radius 2 is 1.89 bits per heavy atom. The summed E-state index contributed by atoms with van der Waals surface area (Å²) in [5, 5.41) is 12.5. The van der Waals surface area contributed by atoms with Crippen LogP contribution in [0.5, 0.6) is 0 Å². The Balaban J connectivity index is 1.69. The van der Waals surface area contributed by atoms with Crippen molar-refractivity contribution in [3.8, 4) is 0 Å². The second-order valence-corrected chi connectivity index (χ2v) is 5.86. The fraction of sp³-hybridized carbons (Fsp3) is 0.929. The zero-order valence-electron chi connectivity index (χ0n) is 11.4. The van der Waals surface area contributed by atoms with Crippen molar-refractivity contribution in [2.75, 3.05) is 19.6 Å². The Hall–Kier alpha value is -0.610. The van der Waals surface area contributed by atoms with Crippen molar-refractivity contribution in [2.45, 2.75) is 57.6 Å². The summed E-state index contributed by atoms with van der Waals surface area (Å²) in [6.45, 7) is 4.67. The second kappa shape index (κ2) is 6.53. The normalized spacial score (nSPS) is 30.4. The second-order valence-electron chi connectivity index (χ2n) is 5.86. The first kappa shape index (κ1) is 13.8.